The van der Waals surface area contributed by atoms with Gasteiger partial charge < -0.3 is 15.4 Å². The minimum absolute atomic E-state index is 0.0686. The van der Waals surface area contributed by atoms with E-state index in [1.807, 2.05) is 32.9 Å². The lowest BCUT2D eigenvalue weighted by molar-refractivity contribution is -0.134. The van der Waals surface area contributed by atoms with Crippen LogP contribution in [0.15, 0.2) is 12.1 Å². The van der Waals surface area contributed by atoms with Crippen molar-refractivity contribution in [2.75, 3.05) is 20.2 Å². The van der Waals surface area contributed by atoms with E-state index in [1.165, 1.54) is 0 Å². The highest BCUT2D eigenvalue weighted by Crippen LogP contribution is 2.25. The second kappa shape index (κ2) is 8.34. The fourth-order valence-electron chi connectivity index (χ4n) is 3.19. The van der Waals surface area contributed by atoms with Crippen LogP contribution < -0.4 is 15.4 Å². The highest BCUT2D eigenvalue weighted by Gasteiger charge is 2.32. The quantitative estimate of drug-likeness (QED) is 0.819. The van der Waals surface area contributed by atoms with Gasteiger partial charge in [-0.2, -0.15) is 0 Å². The van der Waals surface area contributed by atoms with Crippen LogP contribution in [-0.4, -0.2) is 49.0 Å². The van der Waals surface area contributed by atoms with E-state index in [9.17, 15) is 9.59 Å². The Morgan fingerprint density at radius 2 is 2.08 bits per heavy atom. The van der Waals surface area contributed by atoms with Crippen LogP contribution in [0.2, 0.25) is 0 Å². The molecule has 0 saturated carbocycles. The molecular weight excluding hydrogens is 318 g/mol. The van der Waals surface area contributed by atoms with E-state index in [-0.39, 0.29) is 24.3 Å². The van der Waals surface area contributed by atoms with E-state index < -0.39 is 6.04 Å². The number of hydrogen-bond donors (Lipinski definition) is 2. The maximum atomic E-state index is 12.3. The fraction of sp³-hybridized carbons (Fsp3) is 0.579. The van der Waals surface area contributed by atoms with Crippen molar-refractivity contribution in [3.8, 4) is 5.75 Å². The fourth-order valence-corrected chi connectivity index (χ4v) is 3.19. The van der Waals surface area contributed by atoms with Crippen molar-refractivity contribution in [2.45, 2.75) is 52.7 Å². The standard InChI is InChI=1S/C19H29N3O3/c1-12(2)21-18(23)10-16-19(24)20-8-9-22(16)11-15-6-7-17(25-5)14(4)13(15)3/h6-7,12,16H,8-11H2,1-5H3,(H,20,24)(H,21,23)/t16-/m0/s1. The molecule has 0 aromatic heterocycles. The molecule has 25 heavy (non-hydrogen) atoms. The van der Waals surface area contributed by atoms with Gasteiger partial charge in [0.1, 0.15) is 5.75 Å². The number of rotatable bonds is 6. The second-order valence-corrected chi connectivity index (χ2v) is 6.88. The van der Waals surface area contributed by atoms with Crippen LogP contribution >= 0.6 is 0 Å². The number of ether oxygens (including phenoxy) is 1. The third-order valence-corrected chi connectivity index (χ3v) is 4.71. The van der Waals surface area contributed by atoms with Crippen molar-refractivity contribution in [1.29, 1.82) is 0 Å². The molecule has 1 atom stereocenters. The van der Waals surface area contributed by atoms with Gasteiger partial charge in [-0.05, 0) is 50.5 Å². The van der Waals surface area contributed by atoms with Crippen molar-refractivity contribution < 1.29 is 14.3 Å². The van der Waals surface area contributed by atoms with E-state index in [0.29, 0.717) is 13.1 Å². The third kappa shape index (κ3) is 4.72. The largest absolute Gasteiger partial charge is 0.496 e. The number of nitrogens with one attached hydrogen (secondary N) is 2. The molecular formula is C19H29N3O3. The van der Waals surface area contributed by atoms with Crippen LogP contribution in [0.25, 0.3) is 0 Å². The molecule has 138 valence electrons. The first kappa shape index (κ1) is 19.2. The second-order valence-electron chi connectivity index (χ2n) is 6.88. The molecule has 1 heterocycles. The van der Waals surface area contributed by atoms with Gasteiger partial charge in [-0.15, -0.1) is 0 Å². The predicted octanol–water partition coefficient (Wildman–Crippen LogP) is 1.53. The molecule has 0 aliphatic carbocycles. The van der Waals surface area contributed by atoms with Crippen LogP contribution in [0.4, 0.5) is 0 Å². The van der Waals surface area contributed by atoms with Crippen molar-refractivity contribution in [1.82, 2.24) is 15.5 Å². The summed E-state index contributed by atoms with van der Waals surface area (Å²) in [5.74, 6) is 0.697. The van der Waals surface area contributed by atoms with Crippen molar-refractivity contribution >= 4 is 11.8 Å². The SMILES string of the molecule is COc1ccc(CN2CCNC(=O)[C@@H]2CC(=O)NC(C)C)c(C)c1C. The lowest BCUT2D eigenvalue weighted by atomic mass is 10.00. The van der Waals surface area contributed by atoms with Crippen molar-refractivity contribution in [3.05, 3.63) is 28.8 Å². The molecule has 1 aromatic carbocycles. The minimum atomic E-state index is -0.436. The molecule has 6 heteroatoms. The zero-order chi connectivity index (χ0) is 18.6. The maximum Gasteiger partial charge on any atom is 0.237 e. The summed E-state index contributed by atoms with van der Waals surface area (Å²) < 4.78 is 5.37. The van der Waals surface area contributed by atoms with Gasteiger partial charge in [0.2, 0.25) is 11.8 Å². The number of carbonyl (C=O) groups is 2. The van der Waals surface area contributed by atoms with Gasteiger partial charge in [-0.25, -0.2) is 0 Å². The van der Waals surface area contributed by atoms with E-state index in [1.54, 1.807) is 7.11 Å². The van der Waals surface area contributed by atoms with Crippen LogP contribution in [0.1, 0.15) is 37.0 Å². The average Bonchev–Trinajstić information content (AvgIpc) is 2.54. The Balaban J connectivity index is 2.16. The summed E-state index contributed by atoms with van der Waals surface area (Å²) in [4.78, 5) is 26.5. The molecule has 2 rings (SSSR count). The molecule has 1 saturated heterocycles. The summed E-state index contributed by atoms with van der Waals surface area (Å²) in [6, 6.07) is 3.63. The summed E-state index contributed by atoms with van der Waals surface area (Å²) in [6.07, 6.45) is 0.179. The van der Waals surface area contributed by atoms with Crippen LogP contribution in [0, 0.1) is 13.8 Å². The molecule has 6 nitrogen and oxygen atoms in total. The Morgan fingerprint density at radius 3 is 2.72 bits per heavy atom. The minimum Gasteiger partial charge on any atom is -0.496 e. The van der Waals surface area contributed by atoms with Gasteiger partial charge in [0.05, 0.1) is 19.6 Å². The van der Waals surface area contributed by atoms with Gasteiger partial charge in [-0.3, -0.25) is 14.5 Å². The first-order valence-corrected chi connectivity index (χ1v) is 8.77. The summed E-state index contributed by atoms with van der Waals surface area (Å²) in [5, 5.41) is 5.74. The predicted molar refractivity (Wildman–Crippen MR) is 97.6 cm³/mol. The number of piperazine rings is 1. The van der Waals surface area contributed by atoms with Gasteiger partial charge in [-0.1, -0.05) is 6.07 Å². The Hall–Kier alpha value is -2.08. The number of carbonyl (C=O) groups excluding carboxylic acids is 2. The Morgan fingerprint density at radius 1 is 1.36 bits per heavy atom. The normalized spacial score (nSPS) is 18.2. The Bertz CT molecular complexity index is 643. The lowest BCUT2D eigenvalue weighted by Gasteiger charge is -2.35. The first-order chi connectivity index (χ1) is 11.8. The number of methoxy groups -OCH3 is 1. The number of amides is 2. The van der Waals surface area contributed by atoms with Crippen LogP contribution in [0.3, 0.4) is 0 Å². The summed E-state index contributed by atoms with van der Waals surface area (Å²) in [7, 11) is 1.67. The zero-order valence-corrected chi connectivity index (χ0v) is 15.8. The smallest absolute Gasteiger partial charge is 0.237 e. The molecule has 0 spiro atoms. The van der Waals surface area contributed by atoms with Crippen LogP contribution in [-0.2, 0) is 16.1 Å². The van der Waals surface area contributed by atoms with Crippen LogP contribution in [0.5, 0.6) is 5.75 Å². The Labute approximate surface area is 149 Å². The van der Waals surface area contributed by atoms with E-state index in [4.69, 9.17) is 4.74 Å². The topological polar surface area (TPSA) is 70.7 Å². The van der Waals surface area contributed by atoms with E-state index in [2.05, 4.69) is 22.5 Å². The maximum absolute atomic E-state index is 12.3. The number of nitrogens with zero attached hydrogens (tertiary/aromatic N) is 1. The molecule has 1 aliphatic heterocycles. The summed E-state index contributed by atoms with van der Waals surface area (Å²) >= 11 is 0. The summed E-state index contributed by atoms with van der Waals surface area (Å²) in [5.41, 5.74) is 3.42. The molecule has 1 aromatic rings. The van der Waals surface area contributed by atoms with E-state index >= 15 is 0 Å². The molecule has 2 amide bonds. The summed E-state index contributed by atoms with van der Waals surface area (Å²) in [6.45, 7) is 9.92. The highest BCUT2D eigenvalue weighted by atomic mass is 16.5. The third-order valence-electron chi connectivity index (χ3n) is 4.71. The monoisotopic (exact) mass is 347 g/mol. The number of benzene rings is 1. The molecule has 0 unspecified atom stereocenters. The molecule has 0 bridgehead atoms. The van der Waals surface area contributed by atoms with E-state index in [0.717, 1.165) is 29.0 Å². The van der Waals surface area contributed by atoms with Gasteiger partial charge in [0.15, 0.2) is 0 Å². The molecule has 1 fully saturated rings. The van der Waals surface area contributed by atoms with Gasteiger partial charge in [0.25, 0.3) is 0 Å². The zero-order valence-electron chi connectivity index (χ0n) is 15.8. The first-order valence-electron chi connectivity index (χ1n) is 8.77. The lowest BCUT2D eigenvalue weighted by Crippen LogP contribution is -2.56. The van der Waals surface area contributed by atoms with Gasteiger partial charge >= 0.3 is 0 Å². The molecule has 1 aliphatic rings. The Kier molecular flexibility index (Phi) is 6.42. The van der Waals surface area contributed by atoms with Crippen molar-refractivity contribution in [3.63, 3.8) is 0 Å². The van der Waals surface area contributed by atoms with Gasteiger partial charge in [0, 0.05) is 25.7 Å². The molecule has 0 radical (unpaired) electrons. The molecule has 2 N–H and O–H groups in total. The van der Waals surface area contributed by atoms with Crippen molar-refractivity contribution in [2.24, 2.45) is 0 Å². The highest BCUT2D eigenvalue weighted by molar-refractivity contribution is 5.88. The number of hydrogen-bond acceptors (Lipinski definition) is 4. The average molecular weight is 347 g/mol.